The molecule has 2 aromatic rings. The number of rotatable bonds is 7. The lowest BCUT2D eigenvalue weighted by Crippen LogP contribution is -2.36. The van der Waals surface area contributed by atoms with E-state index in [1.165, 1.54) is 10.9 Å². The van der Waals surface area contributed by atoms with Gasteiger partial charge in [0.05, 0.1) is 18.3 Å². The van der Waals surface area contributed by atoms with Crippen LogP contribution in [0.15, 0.2) is 33.7 Å². The molecule has 1 heterocycles. The molecule has 7 heteroatoms. The average Bonchev–Trinajstić information content (AvgIpc) is 2.57. The second kappa shape index (κ2) is 9.02. The van der Waals surface area contributed by atoms with E-state index in [2.05, 4.69) is 28.0 Å². The van der Waals surface area contributed by atoms with Crippen LogP contribution in [0, 0.1) is 0 Å². The lowest BCUT2D eigenvalue weighted by atomic mass is 10.1. The summed E-state index contributed by atoms with van der Waals surface area (Å²) in [5.41, 5.74) is 1.22. The summed E-state index contributed by atoms with van der Waals surface area (Å²) in [7, 11) is 0. The maximum atomic E-state index is 12.3. The minimum absolute atomic E-state index is 0.0403. The SMILES string of the molecule is CCCOCc1ccc(COc2cnn(C(C)(C)C)c(=O)c2Cl)cc1Br. The number of hydrogen-bond donors (Lipinski definition) is 0. The molecule has 5 nitrogen and oxygen atoms in total. The number of nitrogens with zero attached hydrogens (tertiary/aromatic N) is 2. The Balaban J connectivity index is 2.08. The van der Waals surface area contributed by atoms with Crippen molar-refractivity contribution in [1.29, 1.82) is 0 Å². The third kappa shape index (κ3) is 5.32. The van der Waals surface area contributed by atoms with Crippen molar-refractivity contribution < 1.29 is 9.47 Å². The van der Waals surface area contributed by atoms with Crippen LogP contribution >= 0.6 is 27.5 Å². The van der Waals surface area contributed by atoms with E-state index >= 15 is 0 Å². The lowest BCUT2D eigenvalue weighted by Gasteiger charge is -2.21. The van der Waals surface area contributed by atoms with Gasteiger partial charge in [0.1, 0.15) is 6.61 Å². The largest absolute Gasteiger partial charge is 0.485 e. The summed E-state index contributed by atoms with van der Waals surface area (Å²) in [4.78, 5) is 12.3. The summed E-state index contributed by atoms with van der Waals surface area (Å²) in [5, 5.41) is 4.21. The summed E-state index contributed by atoms with van der Waals surface area (Å²) in [6.07, 6.45) is 2.48. The van der Waals surface area contributed by atoms with E-state index in [1.54, 1.807) is 0 Å². The summed E-state index contributed by atoms with van der Waals surface area (Å²) >= 11 is 9.73. The highest BCUT2D eigenvalue weighted by atomic mass is 79.9. The first-order chi connectivity index (χ1) is 12.2. The third-order valence-electron chi connectivity index (χ3n) is 3.64. The molecule has 0 fully saturated rings. The van der Waals surface area contributed by atoms with Crippen LogP contribution in [0.5, 0.6) is 5.75 Å². The Morgan fingerprint density at radius 3 is 2.62 bits per heavy atom. The van der Waals surface area contributed by atoms with E-state index in [1.807, 2.05) is 39.0 Å². The zero-order valence-electron chi connectivity index (χ0n) is 15.5. The van der Waals surface area contributed by atoms with E-state index in [0.29, 0.717) is 6.61 Å². The maximum Gasteiger partial charge on any atom is 0.289 e. The number of benzene rings is 1. The number of hydrogen-bond acceptors (Lipinski definition) is 4. The molecule has 2 rings (SSSR count). The molecule has 0 aliphatic rings. The van der Waals surface area contributed by atoms with E-state index in [9.17, 15) is 4.79 Å². The van der Waals surface area contributed by atoms with Crippen LogP contribution in [0.4, 0.5) is 0 Å². The Morgan fingerprint density at radius 1 is 1.27 bits per heavy atom. The van der Waals surface area contributed by atoms with Crippen molar-refractivity contribution >= 4 is 27.5 Å². The van der Waals surface area contributed by atoms with Crippen LogP contribution in [0.25, 0.3) is 0 Å². The van der Waals surface area contributed by atoms with Crippen LogP contribution in [0.3, 0.4) is 0 Å². The van der Waals surface area contributed by atoms with Gasteiger partial charge >= 0.3 is 0 Å². The predicted molar refractivity (Wildman–Crippen MR) is 107 cm³/mol. The van der Waals surface area contributed by atoms with Crippen molar-refractivity contribution in [2.75, 3.05) is 6.61 Å². The molecule has 0 saturated heterocycles. The number of aromatic nitrogens is 2. The molecule has 0 aliphatic carbocycles. The van der Waals surface area contributed by atoms with Crippen LogP contribution < -0.4 is 10.3 Å². The fourth-order valence-electron chi connectivity index (χ4n) is 2.28. The first kappa shape index (κ1) is 20.9. The van der Waals surface area contributed by atoms with Gasteiger partial charge in [-0.2, -0.15) is 5.10 Å². The molecular weight excluding hydrogens is 420 g/mol. The molecule has 0 saturated carbocycles. The second-order valence-electron chi connectivity index (χ2n) is 6.98. The molecule has 0 N–H and O–H groups in total. The fourth-order valence-corrected chi connectivity index (χ4v) is 3.01. The molecular formula is C19H24BrClN2O3. The Bertz CT molecular complexity index is 815. The molecule has 0 unspecified atom stereocenters. The summed E-state index contributed by atoms with van der Waals surface area (Å²) in [5.74, 6) is 0.281. The summed E-state index contributed by atoms with van der Waals surface area (Å²) in [6, 6.07) is 5.94. The second-order valence-corrected chi connectivity index (χ2v) is 8.21. The third-order valence-corrected chi connectivity index (χ3v) is 4.73. The van der Waals surface area contributed by atoms with Crippen molar-refractivity contribution in [3.8, 4) is 5.75 Å². The molecule has 0 aliphatic heterocycles. The van der Waals surface area contributed by atoms with E-state index in [-0.39, 0.29) is 22.9 Å². The molecule has 1 aromatic heterocycles. The molecule has 0 bridgehead atoms. The molecule has 0 spiro atoms. The minimum Gasteiger partial charge on any atom is -0.485 e. The van der Waals surface area contributed by atoms with Crippen molar-refractivity contribution in [3.05, 3.63) is 55.4 Å². The summed E-state index contributed by atoms with van der Waals surface area (Å²) in [6.45, 7) is 9.34. The topological polar surface area (TPSA) is 53.4 Å². The van der Waals surface area contributed by atoms with Gasteiger partial charge in [-0.1, -0.05) is 46.6 Å². The Kier molecular flexibility index (Phi) is 7.26. The highest BCUT2D eigenvalue weighted by Crippen LogP contribution is 2.24. The van der Waals surface area contributed by atoms with Crippen molar-refractivity contribution in [2.45, 2.75) is 52.9 Å². The Labute approximate surface area is 167 Å². The van der Waals surface area contributed by atoms with Gasteiger partial charge in [0.2, 0.25) is 0 Å². The summed E-state index contributed by atoms with van der Waals surface area (Å²) < 4.78 is 13.6. The Morgan fingerprint density at radius 2 is 2.00 bits per heavy atom. The van der Waals surface area contributed by atoms with Gasteiger partial charge in [-0.3, -0.25) is 4.79 Å². The standard InChI is InChI=1S/C19H24BrClN2O3/c1-5-8-25-12-14-7-6-13(9-15(14)20)11-26-16-10-22-23(19(2,3)4)18(24)17(16)21/h6-7,9-10H,5,8,11-12H2,1-4H3. The van der Waals surface area contributed by atoms with Crippen LogP contribution in [0.1, 0.15) is 45.2 Å². The van der Waals surface area contributed by atoms with Gasteiger partial charge < -0.3 is 9.47 Å². The van der Waals surface area contributed by atoms with E-state index in [4.69, 9.17) is 21.1 Å². The van der Waals surface area contributed by atoms with Gasteiger partial charge in [0.15, 0.2) is 10.8 Å². The van der Waals surface area contributed by atoms with Crippen molar-refractivity contribution in [3.63, 3.8) is 0 Å². The number of halogens is 2. The van der Waals surface area contributed by atoms with Crippen molar-refractivity contribution in [1.82, 2.24) is 9.78 Å². The lowest BCUT2D eigenvalue weighted by molar-refractivity contribution is 0.121. The van der Waals surface area contributed by atoms with E-state index in [0.717, 1.165) is 28.6 Å². The molecule has 142 valence electrons. The minimum atomic E-state index is -0.445. The zero-order valence-corrected chi connectivity index (χ0v) is 17.9. The van der Waals surface area contributed by atoms with Crippen molar-refractivity contribution in [2.24, 2.45) is 0 Å². The molecule has 0 radical (unpaired) electrons. The van der Waals surface area contributed by atoms with Gasteiger partial charge in [0.25, 0.3) is 5.56 Å². The maximum absolute atomic E-state index is 12.3. The van der Waals surface area contributed by atoms with Crippen LogP contribution in [-0.4, -0.2) is 16.4 Å². The molecule has 0 amide bonds. The first-order valence-corrected chi connectivity index (χ1v) is 9.67. The molecule has 26 heavy (non-hydrogen) atoms. The highest BCUT2D eigenvalue weighted by molar-refractivity contribution is 9.10. The van der Waals surface area contributed by atoms with Gasteiger partial charge in [-0.25, -0.2) is 4.68 Å². The van der Waals surface area contributed by atoms with Crippen LogP contribution in [-0.2, 0) is 23.5 Å². The number of ether oxygens (including phenoxy) is 2. The van der Waals surface area contributed by atoms with Gasteiger partial charge in [-0.15, -0.1) is 0 Å². The van der Waals surface area contributed by atoms with E-state index < -0.39 is 5.54 Å². The normalized spacial score (nSPS) is 11.6. The van der Waals surface area contributed by atoms with Gasteiger partial charge in [0, 0.05) is 11.1 Å². The Hall–Kier alpha value is -1.37. The molecule has 1 aromatic carbocycles. The quantitative estimate of drug-likeness (QED) is 0.570. The zero-order chi connectivity index (χ0) is 19.3. The predicted octanol–water partition coefficient (Wildman–Crippen LogP) is 4.92. The highest BCUT2D eigenvalue weighted by Gasteiger charge is 2.20. The van der Waals surface area contributed by atoms with Gasteiger partial charge in [-0.05, 0) is 44.4 Å². The monoisotopic (exact) mass is 442 g/mol. The first-order valence-electron chi connectivity index (χ1n) is 8.50. The molecule has 0 atom stereocenters. The fraction of sp³-hybridized carbons (Fsp3) is 0.474. The smallest absolute Gasteiger partial charge is 0.289 e. The van der Waals surface area contributed by atoms with Crippen LogP contribution in [0.2, 0.25) is 5.02 Å². The average molecular weight is 444 g/mol.